The van der Waals surface area contributed by atoms with Gasteiger partial charge in [-0.2, -0.15) is 0 Å². The van der Waals surface area contributed by atoms with Crippen LogP contribution in [0, 0.1) is 0 Å². The second-order valence-corrected chi connectivity index (χ2v) is 11.1. The Balaban J connectivity index is 1.14. The van der Waals surface area contributed by atoms with Gasteiger partial charge in [-0.25, -0.2) is 4.79 Å². The zero-order valence-corrected chi connectivity index (χ0v) is 24.3. The first-order valence-electron chi connectivity index (χ1n) is 14.9. The molecule has 0 saturated heterocycles. The van der Waals surface area contributed by atoms with Crippen LogP contribution < -0.4 is 31.4 Å². The lowest BCUT2D eigenvalue weighted by atomic mass is 9.97. The van der Waals surface area contributed by atoms with Crippen molar-refractivity contribution in [3.8, 4) is 11.5 Å². The summed E-state index contributed by atoms with van der Waals surface area (Å²) >= 11 is 0. The predicted molar refractivity (Wildman–Crippen MR) is 166 cm³/mol. The minimum absolute atomic E-state index is 0.00261. The lowest BCUT2D eigenvalue weighted by Crippen LogP contribution is -2.43. The van der Waals surface area contributed by atoms with Crippen molar-refractivity contribution in [2.45, 2.75) is 51.7 Å². The Morgan fingerprint density at radius 2 is 1.64 bits per heavy atom. The standard InChI is InChI=1S/C34H34N4O6/c39-31(35-17-16-23-6-2-1-3-7-23)21-37-28-9-5-4-8-27(28)33(41)38(34(37)42)20-24-10-13-26(14-11-24)32(40)36-19-25-12-15-29-30(18-25)44-22-43-29/h4-6,8-15,18H,1-3,7,16-17,19-22H2,(H,35,39)(H,36,40). The summed E-state index contributed by atoms with van der Waals surface area (Å²) in [4.78, 5) is 52.6. The van der Waals surface area contributed by atoms with E-state index in [-0.39, 0.29) is 31.7 Å². The maximum absolute atomic E-state index is 13.6. The summed E-state index contributed by atoms with van der Waals surface area (Å²) < 4.78 is 13.2. The van der Waals surface area contributed by atoms with Crippen LogP contribution in [0.4, 0.5) is 0 Å². The van der Waals surface area contributed by atoms with Gasteiger partial charge in [0.05, 0.1) is 17.4 Å². The molecule has 6 rings (SSSR count). The highest BCUT2D eigenvalue weighted by Crippen LogP contribution is 2.32. The molecule has 10 nitrogen and oxygen atoms in total. The van der Waals surface area contributed by atoms with Gasteiger partial charge in [-0.3, -0.25) is 23.5 Å². The van der Waals surface area contributed by atoms with E-state index in [9.17, 15) is 19.2 Å². The number of para-hydroxylation sites is 1. The number of benzene rings is 3. The maximum Gasteiger partial charge on any atom is 0.332 e. The number of ether oxygens (including phenoxy) is 2. The molecule has 3 aromatic carbocycles. The van der Waals surface area contributed by atoms with Crippen molar-refractivity contribution in [3.63, 3.8) is 0 Å². The number of amides is 2. The summed E-state index contributed by atoms with van der Waals surface area (Å²) in [6, 6.07) is 19.1. The van der Waals surface area contributed by atoms with E-state index in [1.807, 2.05) is 18.2 Å². The van der Waals surface area contributed by atoms with Crippen molar-refractivity contribution in [3.05, 3.63) is 116 Å². The summed E-state index contributed by atoms with van der Waals surface area (Å²) in [6.45, 7) is 0.811. The third-order valence-electron chi connectivity index (χ3n) is 8.03. The molecular formula is C34H34N4O6. The van der Waals surface area contributed by atoms with Crippen LogP contribution in [0.15, 0.2) is 88.0 Å². The number of carbonyl (C=O) groups is 2. The van der Waals surface area contributed by atoms with E-state index in [4.69, 9.17) is 9.47 Å². The molecule has 10 heteroatoms. The number of aromatic nitrogens is 2. The number of nitrogens with zero attached hydrogens (tertiary/aromatic N) is 2. The number of allylic oxidation sites excluding steroid dienone is 1. The Labute approximate surface area is 253 Å². The van der Waals surface area contributed by atoms with Gasteiger partial charge in [0.15, 0.2) is 11.5 Å². The summed E-state index contributed by atoms with van der Waals surface area (Å²) in [6.07, 6.45) is 7.60. The summed E-state index contributed by atoms with van der Waals surface area (Å²) in [5.41, 5.74) is 2.77. The molecule has 0 fully saturated rings. The average molecular weight is 595 g/mol. The fourth-order valence-electron chi connectivity index (χ4n) is 5.64. The van der Waals surface area contributed by atoms with E-state index < -0.39 is 11.2 Å². The fraction of sp³-hybridized carbons (Fsp3) is 0.294. The number of hydrogen-bond donors (Lipinski definition) is 2. The highest BCUT2D eigenvalue weighted by Gasteiger charge is 2.17. The van der Waals surface area contributed by atoms with Crippen LogP contribution in [0.2, 0.25) is 0 Å². The first-order valence-corrected chi connectivity index (χ1v) is 14.9. The fourth-order valence-corrected chi connectivity index (χ4v) is 5.64. The van der Waals surface area contributed by atoms with E-state index in [1.54, 1.807) is 48.5 Å². The molecule has 226 valence electrons. The molecule has 1 aliphatic carbocycles. The Kier molecular flexibility index (Phi) is 8.58. The molecule has 0 spiro atoms. The second-order valence-electron chi connectivity index (χ2n) is 11.1. The highest BCUT2D eigenvalue weighted by atomic mass is 16.7. The van der Waals surface area contributed by atoms with E-state index in [2.05, 4.69) is 16.7 Å². The van der Waals surface area contributed by atoms with E-state index in [0.29, 0.717) is 46.6 Å². The molecule has 0 atom stereocenters. The maximum atomic E-state index is 13.6. The van der Waals surface area contributed by atoms with Gasteiger partial charge in [0, 0.05) is 18.7 Å². The van der Waals surface area contributed by atoms with Gasteiger partial charge in [-0.15, -0.1) is 0 Å². The van der Waals surface area contributed by atoms with Crippen LogP contribution >= 0.6 is 0 Å². The van der Waals surface area contributed by atoms with Crippen molar-refractivity contribution in [2.24, 2.45) is 0 Å². The molecule has 1 aliphatic heterocycles. The average Bonchev–Trinajstić information content (AvgIpc) is 3.53. The van der Waals surface area contributed by atoms with Gasteiger partial charge < -0.3 is 20.1 Å². The number of carbonyl (C=O) groups excluding carboxylic acids is 2. The lowest BCUT2D eigenvalue weighted by Gasteiger charge is -2.15. The third-order valence-corrected chi connectivity index (χ3v) is 8.03. The predicted octanol–water partition coefficient (Wildman–Crippen LogP) is 3.88. The quantitative estimate of drug-likeness (QED) is 0.269. The number of nitrogens with one attached hydrogen (secondary N) is 2. The largest absolute Gasteiger partial charge is 0.454 e. The zero-order chi connectivity index (χ0) is 30.5. The Morgan fingerprint density at radius 3 is 2.45 bits per heavy atom. The van der Waals surface area contributed by atoms with Gasteiger partial charge >= 0.3 is 5.69 Å². The lowest BCUT2D eigenvalue weighted by molar-refractivity contribution is -0.121. The van der Waals surface area contributed by atoms with Gasteiger partial charge in [-0.05, 0) is 79.6 Å². The monoisotopic (exact) mass is 594 g/mol. The highest BCUT2D eigenvalue weighted by molar-refractivity contribution is 5.94. The van der Waals surface area contributed by atoms with Crippen molar-refractivity contribution >= 4 is 22.7 Å². The smallest absolute Gasteiger partial charge is 0.332 e. The van der Waals surface area contributed by atoms with Crippen LogP contribution in [0.3, 0.4) is 0 Å². The topological polar surface area (TPSA) is 121 Å². The van der Waals surface area contributed by atoms with Crippen molar-refractivity contribution < 1.29 is 19.1 Å². The molecule has 0 saturated carbocycles. The van der Waals surface area contributed by atoms with Crippen molar-refractivity contribution in [1.29, 1.82) is 0 Å². The molecule has 0 unspecified atom stereocenters. The van der Waals surface area contributed by atoms with E-state index in [0.717, 1.165) is 29.4 Å². The van der Waals surface area contributed by atoms with Crippen LogP contribution in [-0.2, 0) is 24.4 Å². The molecular weight excluding hydrogens is 560 g/mol. The van der Waals surface area contributed by atoms with E-state index in [1.165, 1.54) is 23.0 Å². The Morgan fingerprint density at radius 1 is 0.841 bits per heavy atom. The van der Waals surface area contributed by atoms with Crippen molar-refractivity contribution in [1.82, 2.24) is 19.8 Å². The molecule has 0 radical (unpaired) electrons. The van der Waals surface area contributed by atoms with Gasteiger partial charge in [0.25, 0.3) is 11.5 Å². The van der Waals surface area contributed by atoms with Gasteiger partial charge in [-0.1, -0.05) is 42.0 Å². The summed E-state index contributed by atoms with van der Waals surface area (Å²) in [7, 11) is 0. The number of hydrogen-bond acceptors (Lipinski definition) is 6. The summed E-state index contributed by atoms with van der Waals surface area (Å²) in [5.74, 6) is 0.789. The Bertz CT molecular complexity index is 1850. The van der Waals surface area contributed by atoms with Crippen molar-refractivity contribution in [2.75, 3.05) is 13.3 Å². The van der Waals surface area contributed by atoms with Crippen LogP contribution in [0.25, 0.3) is 10.9 Å². The molecule has 4 aromatic rings. The molecule has 2 N–H and O–H groups in total. The van der Waals surface area contributed by atoms with E-state index >= 15 is 0 Å². The molecule has 2 heterocycles. The summed E-state index contributed by atoms with van der Waals surface area (Å²) in [5, 5.41) is 6.17. The van der Waals surface area contributed by atoms with Crippen LogP contribution in [-0.4, -0.2) is 34.3 Å². The normalized spacial score (nSPS) is 13.9. The molecule has 0 bridgehead atoms. The minimum atomic E-state index is -0.565. The minimum Gasteiger partial charge on any atom is -0.454 e. The Hall–Kier alpha value is -5.12. The number of fused-ring (bicyclic) bond motifs is 2. The van der Waals surface area contributed by atoms with Crippen LogP contribution in [0.5, 0.6) is 11.5 Å². The second kappa shape index (κ2) is 13.0. The number of rotatable bonds is 10. The van der Waals surface area contributed by atoms with Crippen LogP contribution in [0.1, 0.15) is 53.6 Å². The molecule has 1 aromatic heterocycles. The zero-order valence-electron chi connectivity index (χ0n) is 24.3. The third kappa shape index (κ3) is 6.44. The van der Waals surface area contributed by atoms with Gasteiger partial charge in [0.2, 0.25) is 12.7 Å². The first-order chi connectivity index (χ1) is 21.5. The first kappa shape index (κ1) is 29.0. The SMILES string of the molecule is O=C(Cn1c(=O)n(Cc2ccc(C(=O)NCc3ccc4c(c3)OCO4)cc2)c(=O)c2ccccc21)NCCC1=CCCCC1. The molecule has 2 aliphatic rings. The molecule has 2 amide bonds. The van der Waals surface area contributed by atoms with Gasteiger partial charge in [0.1, 0.15) is 6.54 Å². The molecule has 44 heavy (non-hydrogen) atoms.